The van der Waals surface area contributed by atoms with Crippen LogP contribution in [0.5, 0.6) is 0 Å². The molecule has 0 radical (unpaired) electrons. The number of hydrogen-bond acceptors (Lipinski definition) is 2. The quantitative estimate of drug-likeness (QED) is 0.818. The Labute approximate surface area is 138 Å². The zero-order valence-electron chi connectivity index (χ0n) is 13.6. The molecule has 0 amide bonds. The van der Waals surface area contributed by atoms with E-state index in [0.717, 1.165) is 17.8 Å². The summed E-state index contributed by atoms with van der Waals surface area (Å²) in [6.07, 6.45) is 2.74. The van der Waals surface area contributed by atoms with Crippen molar-refractivity contribution in [3.63, 3.8) is 0 Å². The van der Waals surface area contributed by atoms with Crippen LogP contribution in [0.3, 0.4) is 0 Å². The van der Waals surface area contributed by atoms with Gasteiger partial charge in [-0.15, -0.1) is 0 Å². The van der Waals surface area contributed by atoms with Gasteiger partial charge in [0.1, 0.15) is 5.82 Å². The average molecular weight is 313 g/mol. The molecule has 2 aromatic rings. The zero-order chi connectivity index (χ0) is 16.1. The predicted molar refractivity (Wildman–Crippen MR) is 97.3 cm³/mol. The Morgan fingerprint density at radius 1 is 1.14 bits per heavy atom. The van der Waals surface area contributed by atoms with Crippen LogP contribution in [-0.2, 0) is 0 Å². The van der Waals surface area contributed by atoms with Crippen molar-refractivity contribution in [3.8, 4) is 0 Å². The van der Waals surface area contributed by atoms with E-state index in [9.17, 15) is 0 Å². The molecule has 0 saturated carbocycles. The van der Waals surface area contributed by atoms with Gasteiger partial charge in [-0.1, -0.05) is 30.7 Å². The Hall–Kier alpha value is -1.94. The lowest BCUT2D eigenvalue weighted by atomic mass is 9.98. The summed E-state index contributed by atoms with van der Waals surface area (Å²) in [6.45, 7) is 8.45. The smallest absolute Gasteiger partial charge is 0.172 e. The molecular weight excluding hydrogens is 290 g/mol. The fraction of sp³-hybridized carbons (Fsp3) is 0.333. The minimum Gasteiger partial charge on any atom is -0.356 e. The number of rotatable bonds is 4. The lowest BCUT2D eigenvalue weighted by molar-refractivity contribution is 0.625. The number of pyridine rings is 1. The van der Waals surface area contributed by atoms with Gasteiger partial charge in [-0.05, 0) is 68.2 Å². The summed E-state index contributed by atoms with van der Waals surface area (Å²) in [5.41, 5.74) is 5.01. The lowest BCUT2D eigenvalue weighted by Gasteiger charge is -2.22. The van der Waals surface area contributed by atoms with Crippen LogP contribution >= 0.6 is 12.2 Å². The molecule has 2 N–H and O–H groups in total. The highest BCUT2D eigenvalue weighted by Gasteiger charge is 2.13. The van der Waals surface area contributed by atoms with Crippen LogP contribution in [0.4, 0.5) is 5.82 Å². The first kappa shape index (κ1) is 16.4. The number of aromatic nitrogens is 1. The van der Waals surface area contributed by atoms with Crippen molar-refractivity contribution in [2.45, 2.75) is 40.2 Å². The second-order valence-corrected chi connectivity index (χ2v) is 6.05. The van der Waals surface area contributed by atoms with Crippen LogP contribution in [0.25, 0.3) is 0 Å². The maximum absolute atomic E-state index is 5.43. The third kappa shape index (κ3) is 4.28. The Kier molecular flexibility index (Phi) is 5.50. The first-order valence-electron chi connectivity index (χ1n) is 7.57. The minimum atomic E-state index is 0.199. The van der Waals surface area contributed by atoms with Crippen molar-refractivity contribution in [1.82, 2.24) is 10.3 Å². The van der Waals surface area contributed by atoms with Crippen LogP contribution < -0.4 is 10.6 Å². The van der Waals surface area contributed by atoms with Crippen LogP contribution in [0.1, 0.15) is 41.6 Å². The Balaban J connectivity index is 2.08. The topological polar surface area (TPSA) is 37.0 Å². The van der Waals surface area contributed by atoms with Gasteiger partial charge in [0.25, 0.3) is 0 Å². The van der Waals surface area contributed by atoms with E-state index in [-0.39, 0.29) is 6.04 Å². The zero-order valence-corrected chi connectivity index (χ0v) is 14.4. The summed E-state index contributed by atoms with van der Waals surface area (Å²) < 4.78 is 0. The van der Waals surface area contributed by atoms with Crippen LogP contribution in [0.15, 0.2) is 36.5 Å². The Morgan fingerprint density at radius 3 is 2.50 bits per heavy atom. The number of aryl methyl sites for hydroxylation is 3. The summed E-state index contributed by atoms with van der Waals surface area (Å²) in [6, 6.07) is 10.7. The molecule has 1 heterocycles. The molecule has 0 fully saturated rings. The van der Waals surface area contributed by atoms with Crippen molar-refractivity contribution in [1.29, 1.82) is 0 Å². The number of nitrogens with zero attached hydrogens (tertiary/aromatic N) is 1. The molecule has 0 aliphatic heterocycles. The van der Waals surface area contributed by atoms with Gasteiger partial charge in [-0.25, -0.2) is 4.98 Å². The van der Waals surface area contributed by atoms with Crippen LogP contribution in [-0.4, -0.2) is 10.1 Å². The van der Waals surface area contributed by atoms with E-state index in [1.807, 2.05) is 19.1 Å². The van der Waals surface area contributed by atoms with E-state index in [0.29, 0.717) is 5.11 Å². The van der Waals surface area contributed by atoms with E-state index in [1.54, 1.807) is 6.20 Å². The van der Waals surface area contributed by atoms with Crippen LogP contribution in [0.2, 0.25) is 0 Å². The number of benzene rings is 1. The number of anilines is 1. The van der Waals surface area contributed by atoms with Crippen molar-refractivity contribution in [2.24, 2.45) is 0 Å². The molecule has 1 unspecified atom stereocenters. The largest absolute Gasteiger partial charge is 0.356 e. The van der Waals surface area contributed by atoms with Gasteiger partial charge in [0, 0.05) is 6.20 Å². The van der Waals surface area contributed by atoms with Gasteiger partial charge in [0.05, 0.1) is 6.04 Å². The van der Waals surface area contributed by atoms with Gasteiger partial charge in [-0.2, -0.15) is 0 Å². The third-order valence-corrected chi connectivity index (χ3v) is 3.89. The number of thiocarbonyl (C=S) groups is 1. The summed E-state index contributed by atoms with van der Waals surface area (Å²) in [4.78, 5) is 4.28. The van der Waals surface area contributed by atoms with E-state index in [4.69, 9.17) is 12.2 Å². The van der Waals surface area contributed by atoms with E-state index >= 15 is 0 Å². The summed E-state index contributed by atoms with van der Waals surface area (Å²) >= 11 is 5.43. The van der Waals surface area contributed by atoms with Crippen LogP contribution in [0, 0.1) is 20.8 Å². The van der Waals surface area contributed by atoms with Gasteiger partial charge < -0.3 is 10.6 Å². The molecule has 1 aromatic carbocycles. The van der Waals surface area contributed by atoms with Gasteiger partial charge in [0.15, 0.2) is 5.11 Å². The molecule has 1 atom stereocenters. The molecule has 116 valence electrons. The Bertz CT molecular complexity index is 667. The molecule has 0 saturated heterocycles. The predicted octanol–water partition coefficient (Wildman–Crippen LogP) is 4.44. The van der Waals surface area contributed by atoms with Gasteiger partial charge >= 0.3 is 0 Å². The molecule has 0 spiro atoms. The van der Waals surface area contributed by atoms with E-state index < -0.39 is 0 Å². The van der Waals surface area contributed by atoms with E-state index in [1.165, 1.54) is 16.7 Å². The van der Waals surface area contributed by atoms with Crippen molar-refractivity contribution in [2.75, 3.05) is 5.32 Å². The fourth-order valence-corrected chi connectivity index (χ4v) is 2.78. The van der Waals surface area contributed by atoms with Crippen molar-refractivity contribution in [3.05, 3.63) is 58.8 Å². The monoisotopic (exact) mass is 313 g/mol. The minimum absolute atomic E-state index is 0.199. The fourth-order valence-electron chi connectivity index (χ4n) is 2.53. The first-order chi connectivity index (χ1) is 10.5. The SMILES string of the molecule is CCC(NC(=S)Nc1cc(C)ccn1)c1ccc(C)cc1C. The molecule has 0 aliphatic rings. The lowest BCUT2D eigenvalue weighted by Crippen LogP contribution is -2.32. The molecular formula is C18H23N3S. The molecule has 1 aromatic heterocycles. The normalized spacial score (nSPS) is 11.8. The van der Waals surface area contributed by atoms with Gasteiger partial charge in [0.2, 0.25) is 0 Å². The molecule has 3 nitrogen and oxygen atoms in total. The van der Waals surface area contributed by atoms with Gasteiger partial charge in [-0.3, -0.25) is 0 Å². The summed E-state index contributed by atoms with van der Waals surface area (Å²) in [5, 5.41) is 7.15. The van der Waals surface area contributed by atoms with Crippen molar-refractivity contribution < 1.29 is 0 Å². The Morgan fingerprint density at radius 2 is 1.86 bits per heavy atom. The maximum atomic E-state index is 5.43. The molecule has 2 rings (SSSR count). The molecule has 0 aliphatic carbocycles. The third-order valence-electron chi connectivity index (χ3n) is 3.67. The summed E-state index contributed by atoms with van der Waals surface area (Å²) in [5.74, 6) is 0.771. The standard InChI is InChI=1S/C18H23N3S/c1-5-16(15-7-6-12(2)10-14(15)4)20-18(22)21-17-11-13(3)8-9-19-17/h6-11,16H,5H2,1-4H3,(H2,19,20,21,22). The second-order valence-electron chi connectivity index (χ2n) is 5.64. The number of hydrogen-bond donors (Lipinski definition) is 2. The molecule has 0 bridgehead atoms. The first-order valence-corrected chi connectivity index (χ1v) is 7.97. The molecule has 22 heavy (non-hydrogen) atoms. The van der Waals surface area contributed by atoms with E-state index in [2.05, 4.69) is 54.6 Å². The highest BCUT2D eigenvalue weighted by Crippen LogP contribution is 2.21. The summed E-state index contributed by atoms with van der Waals surface area (Å²) in [7, 11) is 0. The molecule has 4 heteroatoms. The average Bonchev–Trinajstić information content (AvgIpc) is 2.45. The highest BCUT2D eigenvalue weighted by atomic mass is 32.1. The highest BCUT2D eigenvalue weighted by molar-refractivity contribution is 7.80. The second kappa shape index (κ2) is 7.36. The number of nitrogens with one attached hydrogen (secondary N) is 2. The maximum Gasteiger partial charge on any atom is 0.172 e. The van der Waals surface area contributed by atoms with Crippen molar-refractivity contribution >= 4 is 23.1 Å².